The van der Waals surface area contributed by atoms with Gasteiger partial charge in [0.2, 0.25) is 11.8 Å². The summed E-state index contributed by atoms with van der Waals surface area (Å²) < 4.78 is 0. The Morgan fingerprint density at radius 2 is 1.52 bits per heavy atom. The van der Waals surface area contributed by atoms with E-state index in [1.165, 1.54) is 5.56 Å². The number of hydrogen-bond donors (Lipinski definition) is 0. The van der Waals surface area contributed by atoms with E-state index in [0.717, 1.165) is 50.0 Å². The standard InChI is InChI=1S/C23H26N2O2/c1-24(20-8-3-2-4-9-20)22(26)18-11-13-19(14-12-18)23(27)25-16-15-17-7-5-6-10-21(17)25/h2-10,18-19H,11-16H2,1H3. The smallest absolute Gasteiger partial charge is 0.230 e. The molecule has 1 heterocycles. The number of carbonyl (C=O) groups excluding carboxylic acids is 2. The van der Waals surface area contributed by atoms with Crippen LogP contribution in [0, 0.1) is 11.8 Å². The lowest BCUT2D eigenvalue weighted by Gasteiger charge is -2.32. The quantitative estimate of drug-likeness (QED) is 0.827. The third-order valence-corrected chi connectivity index (χ3v) is 6.05. The van der Waals surface area contributed by atoms with Gasteiger partial charge in [-0.15, -0.1) is 0 Å². The molecule has 4 nitrogen and oxygen atoms in total. The summed E-state index contributed by atoms with van der Waals surface area (Å²) in [5.41, 5.74) is 3.26. The molecule has 2 aliphatic rings. The second kappa shape index (κ2) is 7.55. The molecular weight excluding hydrogens is 336 g/mol. The van der Waals surface area contributed by atoms with Gasteiger partial charge in [0.1, 0.15) is 0 Å². The fourth-order valence-electron chi connectivity index (χ4n) is 4.43. The molecule has 0 aromatic heterocycles. The molecule has 1 saturated carbocycles. The van der Waals surface area contributed by atoms with E-state index in [0.29, 0.717) is 0 Å². The predicted molar refractivity (Wildman–Crippen MR) is 108 cm³/mol. The normalized spacial score (nSPS) is 21.6. The summed E-state index contributed by atoms with van der Waals surface area (Å²) in [6.07, 6.45) is 4.13. The Balaban J connectivity index is 1.36. The Morgan fingerprint density at radius 1 is 0.889 bits per heavy atom. The number of benzene rings is 2. The summed E-state index contributed by atoms with van der Waals surface area (Å²) in [7, 11) is 1.84. The molecule has 1 fully saturated rings. The highest BCUT2D eigenvalue weighted by atomic mass is 16.2. The van der Waals surface area contributed by atoms with E-state index in [9.17, 15) is 9.59 Å². The van der Waals surface area contributed by atoms with Gasteiger partial charge in [0.15, 0.2) is 0 Å². The summed E-state index contributed by atoms with van der Waals surface area (Å²) in [6, 6.07) is 17.9. The molecule has 0 saturated heterocycles. The number of fused-ring (bicyclic) bond motifs is 1. The molecule has 0 bridgehead atoms. The van der Waals surface area contributed by atoms with E-state index >= 15 is 0 Å². The second-order valence-corrected chi connectivity index (χ2v) is 7.65. The van der Waals surface area contributed by atoms with E-state index in [2.05, 4.69) is 6.07 Å². The summed E-state index contributed by atoms with van der Waals surface area (Å²) in [4.78, 5) is 29.6. The van der Waals surface area contributed by atoms with Crippen molar-refractivity contribution >= 4 is 23.2 Å². The Labute approximate surface area is 160 Å². The van der Waals surface area contributed by atoms with Crippen molar-refractivity contribution in [2.45, 2.75) is 32.1 Å². The van der Waals surface area contributed by atoms with E-state index in [1.54, 1.807) is 4.90 Å². The van der Waals surface area contributed by atoms with Crippen LogP contribution in [0.25, 0.3) is 0 Å². The second-order valence-electron chi connectivity index (χ2n) is 7.65. The molecule has 27 heavy (non-hydrogen) atoms. The molecule has 4 heteroatoms. The van der Waals surface area contributed by atoms with Gasteiger partial charge in [-0.1, -0.05) is 36.4 Å². The number of para-hydroxylation sites is 2. The average molecular weight is 362 g/mol. The molecular formula is C23H26N2O2. The lowest BCUT2D eigenvalue weighted by molar-refractivity contribution is -0.127. The largest absolute Gasteiger partial charge is 0.315 e. The number of carbonyl (C=O) groups is 2. The van der Waals surface area contributed by atoms with Gasteiger partial charge in [0.25, 0.3) is 0 Å². The molecule has 1 aliphatic carbocycles. The number of rotatable bonds is 3. The van der Waals surface area contributed by atoms with Crippen molar-refractivity contribution < 1.29 is 9.59 Å². The minimum absolute atomic E-state index is 0.0186. The molecule has 2 aromatic rings. The highest BCUT2D eigenvalue weighted by Crippen LogP contribution is 2.35. The molecule has 0 N–H and O–H groups in total. The van der Waals surface area contributed by atoms with Crippen LogP contribution in [-0.2, 0) is 16.0 Å². The Kier molecular flexibility index (Phi) is 4.97. The van der Waals surface area contributed by atoms with Crippen LogP contribution in [0.2, 0.25) is 0 Å². The number of amides is 2. The summed E-state index contributed by atoms with van der Waals surface area (Å²) in [6.45, 7) is 0.786. The summed E-state index contributed by atoms with van der Waals surface area (Å²) in [5, 5.41) is 0. The first-order valence-electron chi connectivity index (χ1n) is 9.87. The number of anilines is 2. The highest BCUT2D eigenvalue weighted by Gasteiger charge is 2.35. The molecule has 140 valence electrons. The maximum Gasteiger partial charge on any atom is 0.230 e. The fourth-order valence-corrected chi connectivity index (χ4v) is 4.43. The first-order chi connectivity index (χ1) is 13.1. The van der Waals surface area contributed by atoms with Crippen LogP contribution in [-0.4, -0.2) is 25.4 Å². The van der Waals surface area contributed by atoms with E-state index in [4.69, 9.17) is 0 Å². The molecule has 0 unspecified atom stereocenters. The molecule has 2 aromatic carbocycles. The maximum atomic E-state index is 13.0. The van der Waals surface area contributed by atoms with Crippen molar-refractivity contribution in [3.63, 3.8) is 0 Å². The molecule has 4 rings (SSSR count). The predicted octanol–water partition coefficient (Wildman–Crippen LogP) is 4.05. The Hall–Kier alpha value is -2.62. The zero-order chi connectivity index (χ0) is 18.8. The summed E-state index contributed by atoms with van der Waals surface area (Å²) >= 11 is 0. The van der Waals surface area contributed by atoms with Crippen LogP contribution < -0.4 is 9.80 Å². The monoisotopic (exact) mass is 362 g/mol. The van der Waals surface area contributed by atoms with Gasteiger partial charge in [-0.3, -0.25) is 9.59 Å². The van der Waals surface area contributed by atoms with E-state index < -0.39 is 0 Å². The van der Waals surface area contributed by atoms with Crippen LogP contribution in [0.1, 0.15) is 31.2 Å². The topological polar surface area (TPSA) is 40.6 Å². The third-order valence-electron chi connectivity index (χ3n) is 6.05. The van der Waals surface area contributed by atoms with Crippen molar-refractivity contribution in [1.29, 1.82) is 0 Å². The maximum absolute atomic E-state index is 13.0. The van der Waals surface area contributed by atoms with Gasteiger partial charge in [-0.25, -0.2) is 0 Å². The summed E-state index contributed by atoms with van der Waals surface area (Å²) in [5.74, 6) is 0.466. The van der Waals surface area contributed by atoms with Crippen LogP contribution >= 0.6 is 0 Å². The SMILES string of the molecule is CN(C(=O)C1CCC(C(=O)N2CCc3ccccc32)CC1)c1ccccc1. The van der Waals surface area contributed by atoms with Crippen molar-refractivity contribution in [3.05, 3.63) is 60.2 Å². The van der Waals surface area contributed by atoms with Gasteiger partial charge in [0, 0.05) is 36.8 Å². The third kappa shape index (κ3) is 3.48. The highest BCUT2D eigenvalue weighted by molar-refractivity contribution is 5.98. The molecule has 0 spiro atoms. The fraction of sp³-hybridized carbons (Fsp3) is 0.391. The Morgan fingerprint density at radius 3 is 2.26 bits per heavy atom. The lowest BCUT2D eigenvalue weighted by Crippen LogP contribution is -2.39. The van der Waals surface area contributed by atoms with Crippen molar-refractivity contribution in [3.8, 4) is 0 Å². The van der Waals surface area contributed by atoms with Crippen LogP contribution in [0.15, 0.2) is 54.6 Å². The molecule has 0 atom stereocenters. The first kappa shape index (κ1) is 17.8. The zero-order valence-electron chi connectivity index (χ0n) is 15.8. The van der Waals surface area contributed by atoms with Gasteiger partial charge >= 0.3 is 0 Å². The molecule has 2 amide bonds. The van der Waals surface area contributed by atoms with Crippen molar-refractivity contribution in [2.75, 3.05) is 23.4 Å². The van der Waals surface area contributed by atoms with Gasteiger partial charge in [-0.05, 0) is 55.9 Å². The average Bonchev–Trinajstić information content (AvgIpc) is 3.17. The van der Waals surface area contributed by atoms with Gasteiger partial charge in [-0.2, -0.15) is 0 Å². The van der Waals surface area contributed by atoms with Crippen LogP contribution in [0.3, 0.4) is 0 Å². The number of nitrogens with zero attached hydrogens (tertiary/aromatic N) is 2. The van der Waals surface area contributed by atoms with Gasteiger partial charge in [0.05, 0.1) is 0 Å². The Bertz CT molecular complexity index is 825. The van der Waals surface area contributed by atoms with E-state index in [1.807, 2.05) is 60.5 Å². The van der Waals surface area contributed by atoms with Gasteiger partial charge < -0.3 is 9.80 Å². The molecule has 0 radical (unpaired) electrons. The lowest BCUT2D eigenvalue weighted by atomic mass is 9.80. The van der Waals surface area contributed by atoms with Crippen molar-refractivity contribution in [1.82, 2.24) is 0 Å². The van der Waals surface area contributed by atoms with E-state index in [-0.39, 0.29) is 23.7 Å². The minimum atomic E-state index is 0.0186. The van der Waals surface area contributed by atoms with Crippen LogP contribution in [0.4, 0.5) is 11.4 Å². The van der Waals surface area contributed by atoms with Crippen molar-refractivity contribution in [2.24, 2.45) is 11.8 Å². The zero-order valence-corrected chi connectivity index (χ0v) is 15.8. The van der Waals surface area contributed by atoms with Crippen LogP contribution in [0.5, 0.6) is 0 Å². The molecule has 1 aliphatic heterocycles. The number of hydrogen-bond acceptors (Lipinski definition) is 2. The first-order valence-corrected chi connectivity index (χ1v) is 9.87. The minimum Gasteiger partial charge on any atom is -0.315 e.